The lowest BCUT2D eigenvalue weighted by Gasteiger charge is -2.02. The number of methoxy groups -OCH3 is 1. The molecular weight excluding hydrogens is 202 g/mol. The first-order valence-electron chi connectivity index (χ1n) is 4.91. The van der Waals surface area contributed by atoms with Crippen LogP contribution in [0.5, 0.6) is 5.88 Å². The van der Waals surface area contributed by atoms with Crippen LogP contribution in [0, 0.1) is 0 Å². The summed E-state index contributed by atoms with van der Waals surface area (Å²) in [4.78, 5) is 16.0. The fourth-order valence-electron chi connectivity index (χ4n) is 1.42. The molecule has 16 heavy (non-hydrogen) atoms. The Balaban J connectivity index is 2.34. The molecule has 0 fully saturated rings. The van der Waals surface area contributed by atoms with Crippen molar-refractivity contribution < 1.29 is 9.53 Å². The first kappa shape index (κ1) is 10.4. The Morgan fingerprint density at radius 3 is 2.56 bits per heavy atom. The van der Waals surface area contributed by atoms with Crippen LogP contribution in [-0.2, 0) is 0 Å². The summed E-state index contributed by atoms with van der Waals surface area (Å²) < 4.78 is 4.98. The number of hydrogen-bond acceptors (Lipinski definition) is 3. The van der Waals surface area contributed by atoms with Crippen LogP contribution < -0.4 is 4.74 Å². The van der Waals surface area contributed by atoms with E-state index in [-0.39, 0.29) is 5.78 Å². The number of ketones is 1. The molecule has 0 saturated carbocycles. The normalized spacial score (nSPS) is 9.81. The van der Waals surface area contributed by atoms with E-state index in [0.717, 1.165) is 0 Å². The molecule has 0 aliphatic rings. The molecule has 0 atom stereocenters. The van der Waals surface area contributed by atoms with Crippen LogP contribution >= 0.6 is 0 Å². The Morgan fingerprint density at radius 2 is 1.88 bits per heavy atom. The molecule has 2 aromatic rings. The van der Waals surface area contributed by atoms with Gasteiger partial charge in [0.2, 0.25) is 5.88 Å². The van der Waals surface area contributed by atoms with Gasteiger partial charge >= 0.3 is 0 Å². The summed E-state index contributed by atoms with van der Waals surface area (Å²) in [5.74, 6) is 0.420. The predicted molar refractivity (Wildman–Crippen MR) is 60.7 cm³/mol. The maximum Gasteiger partial charge on any atom is 0.213 e. The highest BCUT2D eigenvalue weighted by Crippen LogP contribution is 2.13. The molecule has 0 radical (unpaired) electrons. The van der Waals surface area contributed by atoms with E-state index >= 15 is 0 Å². The number of ether oxygens (including phenoxy) is 1. The van der Waals surface area contributed by atoms with Crippen molar-refractivity contribution in [3.63, 3.8) is 0 Å². The van der Waals surface area contributed by atoms with Gasteiger partial charge in [0.05, 0.1) is 7.11 Å². The van der Waals surface area contributed by atoms with Crippen molar-refractivity contribution >= 4 is 5.78 Å². The number of rotatable bonds is 3. The second-order valence-electron chi connectivity index (χ2n) is 3.28. The van der Waals surface area contributed by atoms with Crippen LogP contribution in [0.2, 0.25) is 0 Å². The summed E-state index contributed by atoms with van der Waals surface area (Å²) in [7, 11) is 1.53. The van der Waals surface area contributed by atoms with Crippen LogP contribution in [0.25, 0.3) is 0 Å². The number of pyridine rings is 1. The van der Waals surface area contributed by atoms with Crippen molar-refractivity contribution in [3.05, 3.63) is 59.8 Å². The van der Waals surface area contributed by atoms with E-state index in [9.17, 15) is 4.79 Å². The van der Waals surface area contributed by atoms with Crippen LogP contribution in [0.15, 0.2) is 48.7 Å². The third kappa shape index (κ3) is 2.08. The molecule has 80 valence electrons. The van der Waals surface area contributed by atoms with Crippen molar-refractivity contribution in [3.8, 4) is 5.88 Å². The largest absolute Gasteiger partial charge is 0.481 e. The lowest BCUT2D eigenvalue weighted by atomic mass is 10.0. The van der Waals surface area contributed by atoms with Gasteiger partial charge in [-0.1, -0.05) is 30.3 Å². The molecule has 1 heterocycles. The molecule has 0 spiro atoms. The first-order chi connectivity index (χ1) is 7.81. The zero-order valence-corrected chi connectivity index (χ0v) is 8.88. The van der Waals surface area contributed by atoms with Crippen molar-refractivity contribution in [2.45, 2.75) is 0 Å². The van der Waals surface area contributed by atoms with Gasteiger partial charge in [0.15, 0.2) is 5.78 Å². The quantitative estimate of drug-likeness (QED) is 0.734. The smallest absolute Gasteiger partial charge is 0.213 e. The molecule has 0 bridgehead atoms. The summed E-state index contributed by atoms with van der Waals surface area (Å²) in [6.45, 7) is 0. The fourth-order valence-corrected chi connectivity index (χ4v) is 1.42. The summed E-state index contributed by atoms with van der Waals surface area (Å²) in [5.41, 5.74) is 1.24. The van der Waals surface area contributed by atoms with Crippen molar-refractivity contribution in [2.24, 2.45) is 0 Å². The lowest BCUT2D eigenvalue weighted by molar-refractivity contribution is 0.103. The molecule has 0 saturated heterocycles. The second kappa shape index (κ2) is 4.57. The molecule has 0 aliphatic carbocycles. The molecule has 0 unspecified atom stereocenters. The van der Waals surface area contributed by atoms with Gasteiger partial charge in [0, 0.05) is 23.4 Å². The summed E-state index contributed by atoms with van der Waals surface area (Å²) >= 11 is 0. The zero-order valence-electron chi connectivity index (χ0n) is 8.88. The highest BCUT2D eigenvalue weighted by molar-refractivity contribution is 6.09. The standard InChI is InChI=1S/C13H11NO2/c1-16-12-9-11(7-8-14-12)13(15)10-5-3-2-4-6-10/h2-9H,1H3. The Kier molecular flexibility index (Phi) is 2.96. The highest BCUT2D eigenvalue weighted by atomic mass is 16.5. The third-order valence-electron chi connectivity index (χ3n) is 2.24. The molecule has 0 aliphatic heterocycles. The minimum atomic E-state index is -0.0266. The maximum absolute atomic E-state index is 12.0. The summed E-state index contributed by atoms with van der Waals surface area (Å²) in [6.07, 6.45) is 1.56. The monoisotopic (exact) mass is 213 g/mol. The molecular formula is C13H11NO2. The Hall–Kier alpha value is -2.16. The fraction of sp³-hybridized carbons (Fsp3) is 0.0769. The number of carbonyl (C=O) groups is 1. The van der Waals surface area contributed by atoms with Crippen LogP contribution in [0.1, 0.15) is 15.9 Å². The average Bonchev–Trinajstić information content (AvgIpc) is 2.39. The minimum absolute atomic E-state index is 0.0266. The van der Waals surface area contributed by atoms with E-state index < -0.39 is 0 Å². The van der Waals surface area contributed by atoms with E-state index in [1.165, 1.54) is 7.11 Å². The van der Waals surface area contributed by atoms with E-state index in [2.05, 4.69) is 4.98 Å². The van der Waals surface area contributed by atoms with Crippen molar-refractivity contribution in [1.29, 1.82) is 0 Å². The van der Waals surface area contributed by atoms with Gasteiger partial charge in [0.25, 0.3) is 0 Å². The first-order valence-corrected chi connectivity index (χ1v) is 4.91. The minimum Gasteiger partial charge on any atom is -0.481 e. The summed E-state index contributed by atoms with van der Waals surface area (Å²) in [6, 6.07) is 12.4. The maximum atomic E-state index is 12.0. The van der Waals surface area contributed by atoms with Gasteiger partial charge < -0.3 is 4.74 Å². The molecule has 3 nitrogen and oxygen atoms in total. The zero-order chi connectivity index (χ0) is 11.4. The Morgan fingerprint density at radius 1 is 1.12 bits per heavy atom. The van der Waals surface area contributed by atoms with Gasteiger partial charge in [-0.15, -0.1) is 0 Å². The number of hydrogen-bond donors (Lipinski definition) is 0. The van der Waals surface area contributed by atoms with Crippen LogP contribution in [0.3, 0.4) is 0 Å². The van der Waals surface area contributed by atoms with E-state index in [1.54, 1.807) is 30.5 Å². The van der Waals surface area contributed by atoms with Crippen LogP contribution in [0.4, 0.5) is 0 Å². The molecule has 0 N–H and O–H groups in total. The van der Waals surface area contributed by atoms with E-state index in [4.69, 9.17) is 4.74 Å². The van der Waals surface area contributed by atoms with Crippen molar-refractivity contribution in [2.75, 3.05) is 7.11 Å². The van der Waals surface area contributed by atoms with Gasteiger partial charge in [-0.25, -0.2) is 4.98 Å². The Bertz CT molecular complexity index is 494. The van der Waals surface area contributed by atoms with Gasteiger partial charge in [-0.2, -0.15) is 0 Å². The van der Waals surface area contributed by atoms with Gasteiger partial charge in [-0.3, -0.25) is 4.79 Å². The molecule has 1 aromatic carbocycles. The topological polar surface area (TPSA) is 39.2 Å². The van der Waals surface area contributed by atoms with Gasteiger partial charge in [-0.05, 0) is 6.07 Å². The Labute approximate surface area is 93.7 Å². The van der Waals surface area contributed by atoms with Gasteiger partial charge in [0.1, 0.15) is 0 Å². The van der Waals surface area contributed by atoms with E-state index in [1.807, 2.05) is 18.2 Å². The molecule has 1 aromatic heterocycles. The molecule has 2 rings (SSSR count). The molecule has 3 heteroatoms. The number of nitrogens with zero attached hydrogens (tertiary/aromatic N) is 1. The second-order valence-corrected chi connectivity index (χ2v) is 3.28. The average molecular weight is 213 g/mol. The predicted octanol–water partition coefficient (Wildman–Crippen LogP) is 2.32. The lowest BCUT2D eigenvalue weighted by Crippen LogP contribution is -2.01. The number of benzene rings is 1. The van der Waals surface area contributed by atoms with E-state index in [0.29, 0.717) is 17.0 Å². The highest BCUT2D eigenvalue weighted by Gasteiger charge is 2.09. The third-order valence-corrected chi connectivity index (χ3v) is 2.24. The SMILES string of the molecule is COc1cc(C(=O)c2ccccc2)ccn1. The number of aromatic nitrogens is 1. The number of carbonyl (C=O) groups excluding carboxylic acids is 1. The molecule has 0 amide bonds. The van der Waals surface area contributed by atoms with Crippen molar-refractivity contribution in [1.82, 2.24) is 4.98 Å². The van der Waals surface area contributed by atoms with Crippen LogP contribution in [-0.4, -0.2) is 17.9 Å². The summed E-state index contributed by atoms with van der Waals surface area (Å²) in [5, 5.41) is 0.